The number of hydrogen-bond donors (Lipinski definition) is 2. The van der Waals surface area contributed by atoms with Crippen LogP contribution in [0.15, 0.2) is 24.3 Å². The van der Waals surface area contributed by atoms with Crippen molar-refractivity contribution in [3.05, 3.63) is 29.8 Å². The van der Waals surface area contributed by atoms with Gasteiger partial charge in [-0.1, -0.05) is 19.1 Å². The van der Waals surface area contributed by atoms with Crippen LogP contribution in [-0.2, 0) is 11.2 Å². The highest BCUT2D eigenvalue weighted by Crippen LogP contribution is 2.15. The number of carbonyl (C=O) groups excluding carboxylic acids is 1. The second-order valence-corrected chi connectivity index (χ2v) is 7.28. The van der Waals surface area contributed by atoms with Crippen LogP contribution >= 0.6 is 11.8 Å². The summed E-state index contributed by atoms with van der Waals surface area (Å²) >= 11 is 1.69. The maximum atomic E-state index is 12.0. The van der Waals surface area contributed by atoms with Gasteiger partial charge in [-0.15, -0.1) is 0 Å². The fourth-order valence-electron chi connectivity index (χ4n) is 2.78. The molecule has 23 heavy (non-hydrogen) atoms. The molecule has 128 valence electrons. The number of piperidine rings is 1. The molecule has 0 radical (unpaired) electrons. The van der Waals surface area contributed by atoms with Crippen molar-refractivity contribution in [1.82, 2.24) is 4.90 Å². The predicted molar refractivity (Wildman–Crippen MR) is 98.0 cm³/mol. The van der Waals surface area contributed by atoms with E-state index in [1.807, 2.05) is 25.3 Å². The monoisotopic (exact) mass is 336 g/mol. The Morgan fingerprint density at radius 3 is 2.61 bits per heavy atom. The summed E-state index contributed by atoms with van der Waals surface area (Å²) in [7, 11) is 0. The zero-order chi connectivity index (χ0) is 16.7. The van der Waals surface area contributed by atoms with E-state index in [2.05, 4.69) is 22.3 Å². The summed E-state index contributed by atoms with van der Waals surface area (Å²) in [6.45, 7) is 4.96. The average molecular weight is 337 g/mol. The van der Waals surface area contributed by atoms with Crippen LogP contribution in [-0.4, -0.2) is 53.7 Å². The number of likely N-dealkylation sites (tertiary alicyclic amines) is 1. The predicted octanol–water partition coefficient (Wildman–Crippen LogP) is 2.62. The summed E-state index contributed by atoms with van der Waals surface area (Å²) in [6.07, 6.45) is 4.69. The first-order chi connectivity index (χ1) is 11.1. The summed E-state index contributed by atoms with van der Waals surface area (Å²) in [4.78, 5) is 14.4. The minimum Gasteiger partial charge on any atom is -0.393 e. The average Bonchev–Trinajstić information content (AvgIpc) is 2.56. The second kappa shape index (κ2) is 9.30. The van der Waals surface area contributed by atoms with Gasteiger partial charge in [0, 0.05) is 37.0 Å². The van der Waals surface area contributed by atoms with E-state index in [0.717, 1.165) is 50.3 Å². The van der Waals surface area contributed by atoms with Crippen molar-refractivity contribution in [2.75, 3.05) is 37.0 Å². The van der Waals surface area contributed by atoms with E-state index in [4.69, 9.17) is 0 Å². The molecule has 1 atom stereocenters. The van der Waals surface area contributed by atoms with Gasteiger partial charge in [0.2, 0.25) is 5.91 Å². The SMILES string of the molecule is CSC[C@H](C)C(=O)Nc1ccc(CCN2CCC(O)CC2)cc1. The lowest BCUT2D eigenvalue weighted by Crippen LogP contribution is -2.37. The molecule has 0 spiro atoms. The molecule has 1 aromatic carbocycles. The molecule has 1 aliphatic heterocycles. The largest absolute Gasteiger partial charge is 0.393 e. The second-order valence-electron chi connectivity index (χ2n) is 6.37. The third-order valence-corrected chi connectivity index (χ3v) is 5.19. The fourth-order valence-corrected chi connectivity index (χ4v) is 3.43. The molecule has 1 amide bonds. The number of thioether (sulfide) groups is 1. The molecule has 2 N–H and O–H groups in total. The number of nitrogens with zero attached hydrogens (tertiary/aromatic N) is 1. The molecule has 0 aromatic heterocycles. The van der Waals surface area contributed by atoms with Crippen molar-refractivity contribution in [2.24, 2.45) is 5.92 Å². The topological polar surface area (TPSA) is 52.6 Å². The molecule has 1 aliphatic rings. The fraction of sp³-hybridized carbons (Fsp3) is 0.611. The Morgan fingerprint density at radius 1 is 1.35 bits per heavy atom. The number of rotatable bonds is 7. The van der Waals surface area contributed by atoms with Crippen molar-refractivity contribution in [1.29, 1.82) is 0 Å². The van der Waals surface area contributed by atoms with E-state index in [-0.39, 0.29) is 17.9 Å². The van der Waals surface area contributed by atoms with E-state index >= 15 is 0 Å². The van der Waals surface area contributed by atoms with Crippen molar-refractivity contribution in [2.45, 2.75) is 32.3 Å². The van der Waals surface area contributed by atoms with Crippen LogP contribution in [0.2, 0.25) is 0 Å². The van der Waals surface area contributed by atoms with Gasteiger partial charge in [0.1, 0.15) is 0 Å². The highest BCUT2D eigenvalue weighted by Gasteiger charge is 2.16. The van der Waals surface area contributed by atoms with E-state index in [1.54, 1.807) is 11.8 Å². The molecular weight excluding hydrogens is 308 g/mol. The van der Waals surface area contributed by atoms with Gasteiger partial charge in [-0.2, -0.15) is 11.8 Å². The third kappa shape index (κ3) is 6.16. The lowest BCUT2D eigenvalue weighted by Gasteiger charge is -2.29. The lowest BCUT2D eigenvalue weighted by atomic mass is 10.1. The zero-order valence-corrected chi connectivity index (χ0v) is 14.9. The molecular formula is C18H28N2O2S. The number of benzene rings is 1. The zero-order valence-electron chi connectivity index (χ0n) is 14.1. The maximum Gasteiger partial charge on any atom is 0.228 e. The minimum absolute atomic E-state index is 0.0270. The van der Waals surface area contributed by atoms with Gasteiger partial charge in [0.05, 0.1) is 6.10 Å². The number of aliphatic hydroxyl groups excluding tert-OH is 1. The quantitative estimate of drug-likeness (QED) is 0.804. The normalized spacial score (nSPS) is 17.9. The molecule has 5 heteroatoms. The molecule has 2 rings (SSSR count). The van der Waals surface area contributed by atoms with Crippen LogP contribution in [0.25, 0.3) is 0 Å². The Hall–Kier alpha value is -1.04. The standard InChI is InChI=1S/C18H28N2O2S/c1-14(13-23-2)18(22)19-16-5-3-15(4-6-16)7-10-20-11-8-17(21)9-12-20/h3-6,14,17,21H,7-13H2,1-2H3,(H,19,22)/t14-/m0/s1. The van der Waals surface area contributed by atoms with Gasteiger partial charge >= 0.3 is 0 Å². The highest BCUT2D eigenvalue weighted by atomic mass is 32.2. The molecule has 0 bridgehead atoms. The van der Waals surface area contributed by atoms with E-state index < -0.39 is 0 Å². The lowest BCUT2D eigenvalue weighted by molar-refractivity contribution is -0.118. The maximum absolute atomic E-state index is 12.0. The molecule has 4 nitrogen and oxygen atoms in total. The van der Waals surface area contributed by atoms with Crippen LogP contribution in [0.5, 0.6) is 0 Å². The Kier molecular flexibility index (Phi) is 7.40. The molecule has 0 aliphatic carbocycles. The molecule has 1 fully saturated rings. The first kappa shape index (κ1) is 18.3. The van der Waals surface area contributed by atoms with Crippen LogP contribution in [0, 0.1) is 5.92 Å². The Balaban J connectivity index is 1.77. The van der Waals surface area contributed by atoms with Gasteiger partial charge in [-0.3, -0.25) is 4.79 Å². The van der Waals surface area contributed by atoms with Crippen molar-refractivity contribution >= 4 is 23.4 Å². The third-order valence-electron chi connectivity index (χ3n) is 4.36. The van der Waals surface area contributed by atoms with Crippen molar-refractivity contribution in [3.63, 3.8) is 0 Å². The summed E-state index contributed by atoms with van der Waals surface area (Å²) < 4.78 is 0. The summed E-state index contributed by atoms with van der Waals surface area (Å²) in [5.41, 5.74) is 2.15. The number of anilines is 1. The number of carbonyl (C=O) groups is 1. The molecule has 1 heterocycles. The number of hydrogen-bond acceptors (Lipinski definition) is 4. The summed E-state index contributed by atoms with van der Waals surface area (Å²) in [6, 6.07) is 8.15. The Morgan fingerprint density at radius 2 is 2.00 bits per heavy atom. The van der Waals surface area contributed by atoms with E-state index in [1.165, 1.54) is 5.56 Å². The van der Waals surface area contributed by atoms with Gasteiger partial charge in [-0.25, -0.2) is 0 Å². The molecule has 1 aromatic rings. The molecule has 0 saturated carbocycles. The Bertz CT molecular complexity index is 484. The van der Waals surface area contributed by atoms with Gasteiger partial charge in [-0.05, 0) is 43.2 Å². The first-order valence-corrected chi connectivity index (χ1v) is 9.77. The van der Waals surface area contributed by atoms with Crippen LogP contribution in [0.4, 0.5) is 5.69 Å². The number of aliphatic hydroxyl groups is 1. The van der Waals surface area contributed by atoms with Crippen molar-refractivity contribution < 1.29 is 9.90 Å². The van der Waals surface area contributed by atoms with E-state index in [0.29, 0.717) is 0 Å². The number of nitrogens with one attached hydrogen (secondary N) is 1. The number of amides is 1. The van der Waals surface area contributed by atoms with E-state index in [9.17, 15) is 9.90 Å². The van der Waals surface area contributed by atoms with Crippen LogP contribution < -0.4 is 5.32 Å². The smallest absolute Gasteiger partial charge is 0.228 e. The first-order valence-electron chi connectivity index (χ1n) is 8.37. The van der Waals surface area contributed by atoms with Crippen LogP contribution in [0.1, 0.15) is 25.3 Å². The van der Waals surface area contributed by atoms with Crippen LogP contribution in [0.3, 0.4) is 0 Å². The highest BCUT2D eigenvalue weighted by molar-refractivity contribution is 7.98. The van der Waals surface area contributed by atoms with Gasteiger partial charge in [0.25, 0.3) is 0 Å². The summed E-state index contributed by atoms with van der Waals surface area (Å²) in [5, 5.41) is 12.5. The minimum atomic E-state index is -0.109. The van der Waals surface area contributed by atoms with Gasteiger partial charge in [0.15, 0.2) is 0 Å². The molecule has 1 saturated heterocycles. The Labute approximate surface area is 143 Å². The summed E-state index contributed by atoms with van der Waals surface area (Å²) in [5.74, 6) is 0.951. The van der Waals surface area contributed by atoms with Gasteiger partial charge < -0.3 is 15.3 Å². The molecule has 0 unspecified atom stereocenters. The van der Waals surface area contributed by atoms with Crippen molar-refractivity contribution in [3.8, 4) is 0 Å².